The van der Waals surface area contributed by atoms with E-state index in [9.17, 15) is 4.79 Å². The fourth-order valence-electron chi connectivity index (χ4n) is 1.95. The highest BCUT2D eigenvalue weighted by molar-refractivity contribution is 7.08. The molecule has 0 spiro atoms. The third-order valence-electron chi connectivity index (χ3n) is 2.94. The SMILES string of the molecule is CCOC(=O)C(=Cc1cscc1Cc1ccccc1)N=[N+]=[N-]. The van der Waals surface area contributed by atoms with Gasteiger partial charge in [-0.1, -0.05) is 35.4 Å². The highest BCUT2D eigenvalue weighted by atomic mass is 32.1. The van der Waals surface area contributed by atoms with Gasteiger partial charge < -0.3 is 4.74 Å². The van der Waals surface area contributed by atoms with Crippen LogP contribution >= 0.6 is 11.3 Å². The summed E-state index contributed by atoms with van der Waals surface area (Å²) in [4.78, 5) is 14.5. The highest BCUT2D eigenvalue weighted by Crippen LogP contribution is 2.22. The minimum atomic E-state index is -0.614. The Hall–Kier alpha value is -2.56. The molecule has 1 aromatic carbocycles. The molecule has 1 aromatic heterocycles. The van der Waals surface area contributed by atoms with E-state index in [1.807, 2.05) is 41.1 Å². The topological polar surface area (TPSA) is 75.1 Å². The number of ether oxygens (including phenoxy) is 1. The van der Waals surface area contributed by atoms with Gasteiger partial charge in [-0.2, -0.15) is 11.3 Å². The fraction of sp³-hybridized carbons (Fsp3) is 0.188. The van der Waals surface area contributed by atoms with Gasteiger partial charge in [0.2, 0.25) is 0 Å². The number of thiophene rings is 1. The number of carbonyl (C=O) groups excluding carboxylic acids is 1. The molecule has 0 aliphatic rings. The summed E-state index contributed by atoms with van der Waals surface area (Å²) in [6.07, 6.45) is 2.33. The lowest BCUT2D eigenvalue weighted by atomic mass is 10.0. The standard InChI is InChI=1S/C16H15N3O2S/c1-2-21-16(20)15(18-19-17)9-14-11-22-10-13(14)8-12-6-4-3-5-7-12/h3-7,9-11H,2,8H2,1H3. The molecule has 0 saturated carbocycles. The molecule has 112 valence electrons. The van der Waals surface area contributed by atoms with Crippen molar-refractivity contribution in [2.75, 3.05) is 6.61 Å². The molecule has 2 aromatic rings. The summed E-state index contributed by atoms with van der Waals surface area (Å²) in [5.74, 6) is -0.614. The van der Waals surface area contributed by atoms with Crippen molar-refractivity contribution in [2.45, 2.75) is 13.3 Å². The normalized spacial score (nSPS) is 10.9. The Morgan fingerprint density at radius 1 is 1.36 bits per heavy atom. The van der Waals surface area contributed by atoms with Gasteiger partial charge in [-0.15, -0.1) is 0 Å². The number of rotatable bonds is 6. The van der Waals surface area contributed by atoms with Crippen molar-refractivity contribution in [3.8, 4) is 0 Å². The minimum absolute atomic E-state index is 0.0305. The lowest BCUT2D eigenvalue weighted by Crippen LogP contribution is -2.05. The smallest absolute Gasteiger partial charge is 0.340 e. The number of hydrogen-bond donors (Lipinski definition) is 0. The summed E-state index contributed by atoms with van der Waals surface area (Å²) in [6.45, 7) is 1.94. The van der Waals surface area contributed by atoms with Gasteiger partial charge in [0, 0.05) is 4.91 Å². The first-order valence-corrected chi connectivity index (χ1v) is 7.71. The summed E-state index contributed by atoms with van der Waals surface area (Å²) in [5.41, 5.74) is 11.7. The molecule has 0 N–H and O–H groups in total. The zero-order valence-corrected chi connectivity index (χ0v) is 12.9. The van der Waals surface area contributed by atoms with E-state index in [0.717, 1.165) is 17.5 Å². The van der Waals surface area contributed by atoms with E-state index in [1.165, 1.54) is 16.9 Å². The number of nitrogens with zero attached hydrogens (tertiary/aromatic N) is 3. The van der Waals surface area contributed by atoms with E-state index in [2.05, 4.69) is 10.0 Å². The van der Waals surface area contributed by atoms with Crippen LogP contribution in [0, 0.1) is 0 Å². The molecule has 0 saturated heterocycles. The van der Waals surface area contributed by atoms with Crippen LogP contribution in [0.5, 0.6) is 0 Å². The van der Waals surface area contributed by atoms with Crippen LogP contribution < -0.4 is 0 Å². The molecule has 0 aliphatic carbocycles. The lowest BCUT2D eigenvalue weighted by molar-refractivity contribution is -0.138. The summed E-state index contributed by atoms with van der Waals surface area (Å²) in [6, 6.07) is 10.0. The molecule has 6 heteroatoms. The second kappa shape index (κ2) is 8.02. The van der Waals surface area contributed by atoms with Gasteiger partial charge in [-0.25, -0.2) is 4.79 Å². The van der Waals surface area contributed by atoms with Crippen LogP contribution in [0.4, 0.5) is 0 Å². The first-order valence-electron chi connectivity index (χ1n) is 6.77. The van der Waals surface area contributed by atoms with Crippen LogP contribution in [-0.2, 0) is 16.0 Å². The van der Waals surface area contributed by atoms with Crippen LogP contribution in [0.25, 0.3) is 16.5 Å². The molecule has 1 heterocycles. The summed E-state index contributed by atoms with van der Waals surface area (Å²) >= 11 is 1.54. The van der Waals surface area contributed by atoms with Crippen molar-refractivity contribution in [1.29, 1.82) is 0 Å². The van der Waals surface area contributed by atoms with Gasteiger partial charge in [0.05, 0.1) is 6.61 Å². The average molecular weight is 313 g/mol. The van der Waals surface area contributed by atoms with E-state index in [4.69, 9.17) is 10.3 Å². The molecule has 0 bridgehead atoms. The molecular formula is C16H15N3O2S. The van der Waals surface area contributed by atoms with Gasteiger partial charge >= 0.3 is 5.97 Å². The maximum absolute atomic E-state index is 11.8. The second-order valence-electron chi connectivity index (χ2n) is 4.45. The molecule has 0 unspecified atom stereocenters. The molecule has 2 rings (SSSR count). The molecule has 5 nitrogen and oxygen atoms in total. The lowest BCUT2D eigenvalue weighted by Gasteiger charge is -2.03. The van der Waals surface area contributed by atoms with Gasteiger partial charge in [-0.05, 0) is 52.4 Å². The summed E-state index contributed by atoms with van der Waals surface area (Å²) in [7, 11) is 0. The quantitative estimate of drug-likeness (QED) is 0.258. The largest absolute Gasteiger partial charge is 0.462 e. The summed E-state index contributed by atoms with van der Waals surface area (Å²) in [5, 5.41) is 7.38. The van der Waals surface area contributed by atoms with Crippen LogP contribution in [0.2, 0.25) is 0 Å². The number of esters is 1. The second-order valence-corrected chi connectivity index (χ2v) is 5.20. The Bertz CT molecular complexity index is 716. The molecule has 0 aliphatic heterocycles. The molecule has 0 fully saturated rings. The first kappa shape index (κ1) is 15.8. The predicted octanol–water partition coefficient (Wildman–Crippen LogP) is 4.55. The number of hydrogen-bond acceptors (Lipinski definition) is 4. The van der Waals surface area contributed by atoms with Crippen molar-refractivity contribution in [3.63, 3.8) is 0 Å². The summed E-state index contributed by atoms with van der Waals surface area (Å²) < 4.78 is 4.89. The Labute approximate surface area is 132 Å². The zero-order chi connectivity index (χ0) is 15.8. The Kier molecular flexibility index (Phi) is 5.77. The number of carbonyl (C=O) groups is 1. The van der Waals surface area contributed by atoms with E-state index in [0.29, 0.717) is 0 Å². The van der Waals surface area contributed by atoms with E-state index in [1.54, 1.807) is 13.0 Å². The third kappa shape index (κ3) is 4.22. The Morgan fingerprint density at radius 3 is 2.82 bits per heavy atom. The molecule has 0 amide bonds. The van der Waals surface area contributed by atoms with Gasteiger partial charge in [0.25, 0.3) is 0 Å². The van der Waals surface area contributed by atoms with Crippen molar-refractivity contribution >= 4 is 23.4 Å². The van der Waals surface area contributed by atoms with E-state index in [-0.39, 0.29) is 12.3 Å². The third-order valence-corrected chi connectivity index (χ3v) is 3.75. The molecular weight excluding hydrogens is 298 g/mol. The van der Waals surface area contributed by atoms with Gasteiger partial charge in [-0.3, -0.25) is 0 Å². The van der Waals surface area contributed by atoms with Crippen LogP contribution in [0.1, 0.15) is 23.6 Å². The number of benzene rings is 1. The molecule has 22 heavy (non-hydrogen) atoms. The van der Waals surface area contributed by atoms with Crippen molar-refractivity contribution in [1.82, 2.24) is 0 Å². The monoisotopic (exact) mass is 313 g/mol. The van der Waals surface area contributed by atoms with Crippen LogP contribution in [-0.4, -0.2) is 12.6 Å². The van der Waals surface area contributed by atoms with Gasteiger partial charge in [0.1, 0.15) is 5.70 Å². The van der Waals surface area contributed by atoms with Gasteiger partial charge in [0.15, 0.2) is 0 Å². The van der Waals surface area contributed by atoms with Crippen LogP contribution in [0.15, 0.2) is 51.9 Å². The van der Waals surface area contributed by atoms with Crippen molar-refractivity contribution in [2.24, 2.45) is 5.11 Å². The fourth-order valence-corrected chi connectivity index (χ4v) is 2.77. The van der Waals surface area contributed by atoms with E-state index >= 15 is 0 Å². The van der Waals surface area contributed by atoms with E-state index < -0.39 is 5.97 Å². The molecule has 0 radical (unpaired) electrons. The van der Waals surface area contributed by atoms with Crippen molar-refractivity contribution < 1.29 is 9.53 Å². The van der Waals surface area contributed by atoms with Crippen molar-refractivity contribution in [3.05, 3.63) is 73.9 Å². The average Bonchev–Trinajstić information content (AvgIpc) is 2.95. The first-order chi connectivity index (χ1) is 10.7. The predicted molar refractivity (Wildman–Crippen MR) is 87.3 cm³/mol. The molecule has 0 atom stereocenters. The Balaban J connectivity index is 2.28. The maximum Gasteiger partial charge on any atom is 0.340 e. The highest BCUT2D eigenvalue weighted by Gasteiger charge is 2.11. The maximum atomic E-state index is 11.8. The van der Waals surface area contributed by atoms with Crippen LogP contribution in [0.3, 0.4) is 0 Å². The minimum Gasteiger partial charge on any atom is -0.462 e. The zero-order valence-electron chi connectivity index (χ0n) is 12.1. The number of azide groups is 1. The Morgan fingerprint density at radius 2 is 2.14 bits per heavy atom.